The van der Waals surface area contributed by atoms with Crippen molar-refractivity contribution in [3.63, 3.8) is 0 Å². The lowest BCUT2D eigenvalue weighted by molar-refractivity contribution is -0.148. The molecule has 0 radical (unpaired) electrons. The van der Waals surface area contributed by atoms with Crippen LogP contribution < -0.4 is 10.9 Å². The summed E-state index contributed by atoms with van der Waals surface area (Å²) < 4.78 is 0. The first-order chi connectivity index (χ1) is 9.18. The van der Waals surface area contributed by atoms with Gasteiger partial charge in [0.2, 0.25) is 5.91 Å². The Morgan fingerprint density at radius 2 is 1.68 bits per heavy atom. The van der Waals surface area contributed by atoms with Crippen molar-refractivity contribution in [2.75, 3.05) is 5.43 Å². The SMILES string of the molecule is O=C(NNc1ccccc1)[C@H]1CCCC[C@H]1C(=O)O. The predicted molar refractivity (Wildman–Crippen MR) is 71.3 cm³/mol. The zero-order chi connectivity index (χ0) is 13.7. The Kier molecular flexibility index (Phi) is 4.39. The number of para-hydroxylation sites is 1. The second-order valence-corrected chi connectivity index (χ2v) is 4.82. The highest BCUT2D eigenvalue weighted by Gasteiger charge is 2.35. The van der Waals surface area contributed by atoms with Crippen molar-refractivity contribution in [2.45, 2.75) is 25.7 Å². The summed E-state index contributed by atoms with van der Waals surface area (Å²) >= 11 is 0. The Morgan fingerprint density at radius 3 is 2.32 bits per heavy atom. The molecule has 1 fully saturated rings. The lowest BCUT2D eigenvalue weighted by Crippen LogP contribution is -2.41. The largest absolute Gasteiger partial charge is 0.481 e. The highest BCUT2D eigenvalue weighted by Crippen LogP contribution is 2.30. The van der Waals surface area contributed by atoms with Gasteiger partial charge in [0.1, 0.15) is 0 Å². The van der Waals surface area contributed by atoms with Gasteiger partial charge in [-0.2, -0.15) is 0 Å². The molecule has 0 heterocycles. The standard InChI is InChI=1S/C14H18N2O3/c17-13(16-15-10-6-2-1-3-7-10)11-8-4-5-9-12(11)14(18)19/h1-3,6-7,11-12,15H,4-5,8-9H2,(H,16,17)(H,18,19)/t11-,12+/m0/s1. The van der Waals surface area contributed by atoms with Crippen molar-refractivity contribution in [3.05, 3.63) is 30.3 Å². The molecule has 1 aliphatic carbocycles. The summed E-state index contributed by atoms with van der Waals surface area (Å²) in [6.07, 6.45) is 3.01. The van der Waals surface area contributed by atoms with Crippen molar-refractivity contribution in [3.8, 4) is 0 Å². The first-order valence-corrected chi connectivity index (χ1v) is 6.52. The molecule has 102 valence electrons. The van der Waals surface area contributed by atoms with Crippen molar-refractivity contribution >= 4 is 17.6 Å². The van der Waals surface area contributed by atoms with Crippen LogP contribution in [-0.4, -0.2) is 17.0 Å². The molecule has 0 aliphatic heterocycles. The van der Waals surface area contributed by atoms with Gasteiger partial charge in [-0.05, 0) is 25.0 Å². The number of aliphatic carboxylic acids is 1. The summed E-state index contributed by atoms with van der Waals surface area (Å²) in [5.74, 6) is -2.12. The van der Waals surface area contributed by atoms with Crippen LogP contribution in [0.2, 0.25) is 0 Å². The molecule has 0 aromatic heterocycles. The average molecular weight is 262 g/mol. The van der Waals surface area contributed by atoms with Gasteiger partial charge in [-0.1, -0.05) is 31.0 Å². The number of amides is 1. The van der Waals surface area contributed by atoms with Crippen LogP contribution in [0, 0.1) is 11.8 Å². The van der Waals surface area contributed by atoms with Crippen LogP contribution in [0.3, 0.4) is 0 Å². The highest BCUT2D eigenvalue weighted by molar-refractivity contribution is 5.85. The van der Waals surface area contributed by atoms with Gasteiger partial charge in [-0.15, -0.1) is 0 Å². The van der Waals surface area contributed by atoms with Gasteiger partial charge in [0.15, 0.2) is 0 Å². The number of hydrogen-bond acceptors (Lipinski definition) is 3. The number of rotatable bonds is 4. The van der Waals surface area contributed by atoms with Crippen LogP contribution in [0.4, 0.5) is 5.69 Å². The van der Waals surface area contributed by atoms with Crippen LogP contribution in [-0.2, 0) is 9.59 Å². The molecule has 2 rings (SSSR count). The fourth-order valence-electron chi connectivity index (χ4n) is 2.49. The van der Waals surface area contributed by atoms with Gasteiger partial charge in [-0.25, -0.2) is 0 Å². The third-order valence-corrected chi connectivity index (χ3v) is 3.52. The Labute approximate surface area is 112 Å². The lowest BCUT2D eigenvalue weighted by atomic mass is 9.79. The maximum absolute atomic E-state index is 12.0. The van der Waals surface area contributed by atoms with E-state index in [1.54, 1.807) is 0 Å². The second kappa shape index (κ2) is 6.22. The monoisotopic (exact) mass is 262 g/mol. The quantitative estimate of drug-likeness (QED) is 0.725. The van der Waals surface area contributed by atoms with E-state index >= 15 is 0 Å². The van der Waals surface area contributed by atoms with E-state index in [1.807, 2.05) is 30.3 Å². The number of carbonyl (C=O) groups is 2. The lowest BCUT2D eigenvalue weighted by Gasteiger charge is -2.27. The highest BCUT2D eigenvalue weighted by atomic mass is 16.4. The Balaban J connectivity index is 1.93. The normalized spacial score (nSPS) is 22.5. The summed E-state index contributed by atoms with van der Waals surface area (Å²) in [5.41, 5.74) is 6.19. The summed E-state index contributed by atoms with van der Waals surface area (Å²) in [5, 5.41) is 9.14. The minimum absolute atomic E-state index is 0.240. The van der Waals surface area contributed by atoms with E-state index in [-0.39, 0.29) is 5.91 Å². The van der Waals surface area contributed by atoms with E-state index in [0.29, 0.717) is 12.8 Å². The topological polar surface area (TPSA) is 78.4 Å². The number of carboxylic acids is 1. The molecular formula is C14H18N2O3. The molecule has 1 amide bonds. The predicted octanol–water partition coefficient (Wildman–Crippen LogP) is 2.02. The Hall–Kier alpha value is -2.04. The first-order valence-electron chi connectivity index (χ1n) is 6.52. The maximum atomic E-state index is 12.0. The number of anilines is 1. The van der Waals surface area contributed by atoms with Crippen molar-refractivity contribution < 1.29 is 14.7 Å². The Bertz CT molecular complexity index is 447. The third kappa shape index (κ3) is 3.47. The van der Waals surface area contributed by atoms with Gasteiger partial charge in [0.05, 0.1) is 17.5 Å². The van der Waals surface area contributed by atoms with E-state index in [4.69, 9.17) is 5.11 Å². The van der Waals surface area contributed by atoms with E-state index in [9.17, 15) is 9.59 Å². The number of benzene rings is 1. The number of hydrogen-bond donors (Lipinski definition) is 3. The van der Waals surface area contributed by atoms with Crippen molar-refractivity contribution in [2.24, 2.45) is 11.8 Å². The third-order valence-electron chi connectivity index (χ3n) is 3.52. The fourth-order valence-corrected chi connectivity index (χ4v) is 2.49. The molecular weight excluding hydrogens is 244 g/mol. The van der Waals surface area contributed by atoms with Crippen LogP contribution >= 0.6 is 0 Å². The van der Waals surface area contributed by atoms with E-state index in [0.717, 1.165) is 18.5 Å². The van der Waals surface area contributed by atoms with Gasteiger partial charge in [0.25, 0.3) is 0 Å². The van der Waals surface area contributed by atoms with Gasteiger partial charge in [0, 0.05) is 0 Å². The molecule has 1 aromatic carbocycles. The van der Waals surface area contributed by atoms with Crippen molar-refractivity contribution in [1.29, 1.82) is 0 Å². The summed E-state index contributed by atoms with van der Waals surface area (Å²) in [6.45, 7) is 0. The summed E-state index contributed by atoms with van der Waals surface area (Å²) in [4.78, 5) is 23.2. The number of carboxylic acid groups (broad SMARTS) is 1. The molecule has 3 N–H and O–H groups in total. The van der Waals surface area contributed by atoms with E-state index in [1.165, 1.54) is 0 Å². The number of carbonyl (C=O) groups excluding carboxylic acids is 1. The fraction of sp³-hybridized carbons (Fsp3) is 0.429. The Morgan fingerprint density at radius 1 is 1.05 bits per heavy atom. The molecule has 1 aromatic rings. The molecule has 2 atom stereocenters. The zero-order valence-corrected chi connectivity index (χ0v) is 10.6. The molecule has 5 heteroatoms. The average Bonchev–Trinajstić information content (AvgIpc) is 2.46. The summed E-state index contributed by atoms with van der Waals surface area (Å²) in [6, 6.07) is 9.25. The van der Waals surface area contributed by atoms with Crippen LogP contribution in [0.1, 0.15) is 25.7 Å². The second-order valence-electron chi connectivity index (χ2n) is 4.82. The van der Waals surface area contributed by atoms with Crippen LogP contribution in [0.15, 0.2) is 30.3 Å². The van der Waals surface area contributed by atoms with Crippen LogP contribution in [0.5, 0.6) is 0 Å². The molecule has 1 aliphatic rings. The summed E-state index contributed by atoms with van der Waals surface area (Å²) in [7, 11) is 0. The van der Waals surface area contributed by atoms with E-state index < -0.39 is 17.8 Å². The van der Waals surface area contributed by atoms with Crippen molar-refractivity contribution in [1.82, 2.24) is 5.43 Å². The molecule has 0 bridgehead atoms. The molecule has 0 saturated heterocycles. The molecule has 1 saturated carbocycles. The molecule has 0 unspecified atom stereocenters. The minimum atomic E-state index is -0.875. The number of hydrazine groups is 1. The van der Waals surface area contributed by atoms with Gasteiger partial charge < -0.3 is 5.11 Å². The van der Waals surface area contributed by atoms with E-state index in [2.05, 4.69) is 10.9 Å². The van der Waals surface area contributed by atoms with Gasteiger partial charge in [-0.3, -0.25) is 20.4 Å². The van der Waals surface area contributed by atoms with Crippen LogP contribution in [0.25, 0.3) is 0 Å². The molecule has 0 spiro atoms. The molecule has 19 heavy (non-hydrogen) atoms. The minimum Gasteiger partial charge on any atom is -0.481 e. The molecule has 5 nitrogen and oxygen atoms in total. The smallest absolute Gasteiger partial charge is 0.307 e. The first kappa shape index (κ1) is 13.4. The maximum Gasteiger partial charge on any atom is 0.307 e. The zero-order valence-electron chi connectivity index (χ0n) is 10.6. The number of nitrogens with one attached hydrogen (secondary N) is 2. The van der Waals surface area contributed by atoms with Gasteiger partial charge >= 0.3 is 5.97 Å².